The third-order valence-electron chi connectivity index (χ3n) is 3.50. The number of hydrogen-bond acceptors (Lipinski definition) is 4. The summed E-state index contributed by atoms with van der Waals surface area (Å²) >= 11 is 0. The molecule has 5 heteroatoms. The van der Waals surface area contributed by atoms with Crippen LogP contribution < -0.4 is 9.47 Å². The molecule has 0 saturated carbocycles. The van der Waals surface area contributed by atoms with Gasteiger partial charge in [0.05, 0.1) is 14.2 Å². The second-order valence-electron chi connectivity index (χ2n) is 5.18. The Morgan fingerprint density at radius 1 is 0.864 bits per heavy atom. The summed E-state index contributed by atoms with van der Waals surface area (Å²) in [4.78, 5) is 0. The van der Waals surface area contributed by atoms with Gasteiger partial charge in [-0.3, -0.25) is 0 Å². The van der Waals surface area contributed by atoms with Crippen LogP contribution in [-0.4, -0.2) is 24.7 Å². The lowest BCUT2D eigenvalue weighted by molar-refractivity contribution is 0.130. The zero-order chi connectivity index (χ0) is 16.0. The molecule has 2 aromatic carbocycles. The smallest absolute Gasteiger partial charge is 0.360 e. The average molecular weight is 319 g/mol. The van der Waals surface area contributed by atoms with Crippen LogP contribution in [0.3, 0.4) is 0 Å². The van der Waals surface area contributed by atoms with Crippen LogP contribution in [0, 0.1) is 0 Å². The number of hydrogen-bond donors (Lipinski definition) is 1. The summed E-state index contributed by atoms with van der Waals surface area (Å²) in [6.45, 7) is 0. The van der Waals surface area contributed by atoms with Gasteiger partial charge in [0.1, 0.15) is 11.5 Å². The maximum Gasteiger partial charge on any atom is 0.360 e. The van der Waals surface area contributed by atoms with Gasteiger partial charge in [0.15, 0.2) is 0 Å². The third kappa shape index (κ3) is 4.30. The molecule has 0 aromatic heterocycles. The highest BCUT2D eigenvalue weighted by Gasteiger charge is 2.36. The van der Waals surface area contributed by atoms with E-state index in [0.29, 0.717) is 12.8 Å². The molecule has 22 heavy (non-hydrogen) atoms. The fraction of sp³-hybridized carbons (Fsp3) is 0.294. The molecular weight excluding hydrogens is 299 g/mol. The van der Waals surface area contributed by atoms with Gasteiger partial charge < -0.3 is 14.6 Å². The number of aliphatic hydroxyl groups is 1. The second-order valence-corrected chi connectivity index (χ2v) is 6.32. The molecule has 0 radical (unpaired) electrons. The van der Waals surface area contributed by atoms with Gasteiger partial charge in [-0.05, 0) is 35.4 Å². The molecule has 2 rings (SSSR count). The molecule has 0 aliphatic carbocycles. The summed E-state index contributed by atoms with van der Waals surface area (Å²) < 4.78 is 21.8. The number of methoxy groups -OCH3 is 2. The van der Waals surface area contributed by atoms with Gasteiger partial charge in [0.2, 0.25) is 0 Å². The molecule has 1 N–H and O–H groups in total. The highest BCUT2D eigenvalue weighted by atomic mass is 31.1. The van der Waals surface area contributed by atoms with E-state index in [0.717, 1.165) is 22.6 Å². The summed E-state index contributed by atoms with van der Waals surface area (Å²) in [5.41, 5.74) is 1.83. The zero-order valence-corrected chi connectivity index (χ0v) is 13.7. The predicted octanol–water partition coefficient (Wildman–Crippen LogP) is 3.20. The van der Waals surface area contributed by atoms with Crippen molar-refractivity contribution in [2.24, 2.45) is 0 Å². The molecule has 0 amide bonds. The van der Waals surface area contributed by atoms with Gasteiger partial charge in [0.25, 0.3) is 5.34 Å². The Morgan fingerprint density at radius 3 is 1.50 bits per heavy atom. The zero-order valence-electron chi connectivity index (χ0n) is 12.7. The van der Waals surface area contributed by atoms with Crippen molar-refractivity contribution >= 4 is 8.46 Å². The Labute approximate surface area is 131 Å². The van der Waals surface area contributed by atoms with Crippen molar-refractivity contribution in [2.75, 3.05) is 14.2 Å². The van der Waals surface area contributed by atoms with E-state index in [1.807, 2.05) is 48.5 Å². The van der Waals surface area contributed by atoms with Gasteiger partial charge in [-0.1, -0.05) is 28.8 Å². The lowest BCUT2D eigenvalue weighted by atomic mass is 10.0. The minimum absolute atomic E-state index is 0.324. The van der Waals surface area contributed by atoms with E-state index < -0.39 is 13.8 Å². The molecule has 0 bridgehead atoms. The van der Waals surface area contributed by atoms with Gasteiger partial charge in [0, 0.05) is 12.8 Å². The fourth-order valence-corrected chi connectivity index (χ4v) is 2.85. The first-order chi connectivity index (χ1) is 10.6. The van der Waals surface area contributed by atoms with E-state index in [-0.39, 0.29) is 0 Å². The molecular formula is C17H20O4P+. The molecule has 1 atom stereocenters. The third-order valence-corrected chi connectivity index (χ3v) is 4.23. The molecule has 4 nitrogen and oxygen atoms in total. The Hall–Kier alpha value is -1.90. The van der Waals surface area contributed by atoms with Gasteiger partial charge >= 0.3 is 8.46 Å². The van der Waals surface area contributed by atoms with Crippen LogP contribution in [0.1, 0.15) is 11.1 Å². The molecule has 0 spiro atoms. The second kappa shape index (κ2) is 7.39. The van der Waals surface area contributed by atoms with Crippen LogP contribution >= 0.6 is 8.46 Å². The molecule has 0 aliphatic rings. The largest absolute Gasteiger partial charge is 0.497 e. The number of benzene rings is 2. The Bertz CT molecular complexity index is 558. The van der Waals surface area contributed by atoms with Crippen LogP contribution in [0.25, 0.3) is 0 Å². The van der Waals surface area contributed by atoms with E-state index in [9.17, 15) is 9.67 Å². The highest BCUT2D eigenvalue weighted by molar-refractivity contribution is 7.25. The standard InChI is InChI=1S/C17H19O4P/c1-20-15-7-3-13(4-8-15)11-17(18,22-19)12-14-5-9-16(21-2)10-6-14/h3-10,18H,11-12H2,1-2H3/p+1. The minimum Gasteiger partial charge on any atom is -0.497 e. The predicted molar refractivity (Wildman–Crippen MR) is 87.3 cm³/mol. The first-order valence-corrected chi connectivity index (χ1v) is 7.87. The van der Waals surface area contributed by atoms with E-state index in [4.69, 9.17) is 9.47 Å². The van der Waals surface area contributed by atoms with Crippen LogP contribution in [0.2, 0.25) is 0 Å². The van der Waals surface area contributed by atoms with Crippen molar-refractivity contribution in [1.29, 1.82) is 0 Å². The van der Waals surface area contributed by atoms with Crippen LogP contribution in [0.5, 0.6) is 11.5 Å². The van der Waals surface area contributed by atoms with E-state index in [1.165, 1.54) is 0 Å². The van der Waals surface area contributed by atoms with Crippen LogP contribution in [0.4, 0.5) is 0 Å². The van der Waals surface area contributed by atoms with E-state index in [1.54, 1.807) is 14.2 Å². The lowest BCUT2D eigenvalue weighted by Crippen LogP contribution is -2.27. The molecule has 2 aromatic rings. The summed E-state index contributed by atoms with van der Waals surface area (Å²) in [6.07, 6.45) is 0.649. The average Bonchev–Trinajstić information content (AvgIpc) is 2.56. The minimum atomic E-state index is -1.27. The topological polar surface area (TPSA) is 55.8 Å². The monoisotopic (exact) mass is 319 g/mol. The number of rotatable bonds is 7. The maximum absolute atomic E-state index is 11.5. The molecule has 0 aliphatic heterocycles. The summed E-state index contributed by atoms with van der Waals surface area (Å²) in [6, 6.07) is 14.8. The Balaban J connectivity index is 2.10. The van der Waals surface area contributed by atoms with E-state index >= 15 is 0 Å². The first-order valence-electron chi connectivity index (χ1n) is 6.96. The van der Waals surface area contributed by atoms with Crippen LogP contribution in [0.15, 0.2) is 48.5 Å². The number of ether oxygens (including phenoxy) is 2. The van der Waals surface area contributed by atoms with Crippen molar-refractivity contribution in [2.45, 2.75) is 18.2 Å². The van der Waals surface area contributed by atoms with Gasteiger partial charge in [-0.2, -0.15) is 0 Å². The molecule has 116 valence electrons. The SMILES string of the molecule is COc1ccc(CC(O)(Cc2ccc(OC)cc2)[PH+]=O)cc1. The molecule has 0 saturated heterocycles. The van der Waals surface area contributed by atoms with Crippen molar-refractivity contribution in [3.63, 3.8) is 0 Å². The highest BCUT2D eigenvalue weighted by Crippen LogP contribution is 2.30. The van der Waals surface area contributed by atoms with Crippen molar-refractivity contribution in [3.8, 4) is 11.5 Å². The van der Waals surface area contributed by atoms with Crippen molar-refractivity contribution < 1.29 is 19.1 Å². The molecule has 1 unspecified atom stereocenters. The Morgan fingerprint density at radius 2 is 1.23 bits per heavy atom. The van der Waals surface area contributed by atoms with E-state index in [2.05, 4.69) is 0 Å². The summed E-state index contributed by atoms with van der Waals surface area (Å²) in [7, 11) is 2.40. The van der Waals surface area contributed by atoms with Gasteiger partial charge in [-0.15, -0.1) is 0 Å². The quantitative estimate of drug-likeness (QED) is 0.796. The normalized spacial score (nSPS) is 11.4. The fourth-order valence-electron chi connectivity index (χ4n) is 2.30. The van der Waals surface area contributed by atoms with Crippen molar-refractivity contribution in [3.05, 3.63) is 59.7 Å². The summed E-state index contributed by atoms with van der Waals surface area (Å²) in [5, 5.41) is 9.34. The maximum atomic E-state index is 11.5. The lowest BCUT2D eigenvalue weighted by Gasteiger charge is -2.15. The molecule has 0 fully saturated rings. The molecule has 0 heterocycles. The first kappa shape index (κ1) is 16.5. The van der Waals surface area contributed by atoms with Crippen molar-refractivity contribution in [1.82, 2.24) is 0 Å². The summed E-state index contributed by atoms with van der Waals surface area (Å²) in [5.74, 6) is 1.51. The Kier molecular flexibility index (Phi) is 5.53. The van der Waals surface area contributed by atoms with Gasteiger partial charge in [-0.25, -0.2) is 0 Å². The van der Waals surface area contributed by atoms with Crippen LogP contribution in [-0.2, 0) is 17.4 Å².